The number of aromatic amines is 1. The second-order valence-electron chi connectivity index (χ2n) is 7.55. The van der Waals surface area contributed by atoms with Crippen LogP contribution in [-0.4, -0.2) is 46.1 Å². The maximum Gasteiger partial charge on any atom is 0.233 e. The highest BCUT2D eigenvalue weighted by molar-refractivity contribution is 5.93. The molecule has 1 aliphatic rings. The van der Waals surface area contributed by atoms with E-state index < -0.39 is 5.60 Å². The average Bonchev–Trinajstić information content (AvgIpc) is 3.29. The molecule has 27 heavy (non-hydrogen) atoms. The topological polar surface area (TPSA) is 104 Å². The van der Waals surface area contributed by atoms with Gasteiger partial charge in [0.2, 0.25) is 11.7 Å². The van der Waals surface area contributed by atoms with Crippen LogP contribution in [0.15, 0.2) is 37.2 Å². The van der Waals surface area contributed by atoms with Crippen molar-refractivity contribution in [2.45, 2.75) is 44.2 Å². The summed E-state index contributed by atoms with van der Waals surface area (Å²) in [5.41, 5.74) is 2.23. The maximum atomic E-state index is 10.1. The van der Waals surface area contributed by atoms with Gasteiger partial charge in [0, 0.05) is 59.7 Å². The number of aliphatic hydroxyl groups is 1. The number of rotatable bonds is 3. The molecule has 5 rings (SSSR count). The zero-order chi connectivity index (χ0) is 18.4. The number of H-pyrrole nitrogens is 1. The highest BCUT2D eigenvalue weighted by Crippen LogP contribution is 2.30. The molecular weight excluding hydrogens is 342 g/mol. The standard InChI is InChI=1S/C19H21N7O/c1-19(27)4-2-13(3-5-19)24-17-22-10-15-14(9-21-16(15)25-17)12-8-23-18-20-6-7-26(18)11-12/h6-11,13,27H,2-5H2,1H3,(H2,21,22,24,25)/t13-,19+. The predicted molar refractivity (Wildman–Crippen MR) is 102 cm³/mol. The number of imidazole rings is 1. The van der Waals surface area contributed by atoms with Crippen molar-refractivity contribution in [3.63, 3.8) is 0 Å². The van der Waals surface area contributed by atoms with Crippen molar-refractivity contribution in [1.29, 1.82) is 0 Å². The summed E-state index contributed by atoms with van der Waals surface area (Å²) in [6.07, 6.45) is 14.6. The Balaban J connectivity index is 1.41. The van der Waals surface area contributed by atoms with E-state index in [-0.39, 0.29) is 0 Å². The fraction of sp³-hybridized carbons (Fsp3) is 0.368. The van der Waals surface area contributed by atoms with E-state index in [1.165, 1.54) is 0 Å². The molecular formula is C19H21N7O. The molecule has 0 saturated heterocycles. The van der Waals surface area contributed by atoms with E-state index in [4.69, 9.17) is 0 Å². The first-order valence-electron chi connectivity index (χ1n) is 9.20. The fourth-order valence-electron chi connectivity index (χ4n) is 3.74. The lowest BCUT2D eigenvalue weighted by Gasteiger charge is -2.33. The Morgan fingerprint density at radius 1 is 1.22 bits per heavy atom. The zero-order valence-electron chi connectivity index (χ0n) is 15.1. The number of nitrogens with zero attached hydrogens (tertiary/aromatic N) is 5. The number of fused-ring (bicyclic) bond motifs is 2. The van der Waals surface area contributed by atoms with Gasteiger partial charge in [0.25, 0.3) is 0 Å². The van der Waals surface area contributed by atoms with Gasteiger partial charge < -0.3 is 15.4 Å². The number of aromatic nitrogens is 6. The quantitative estimate of drug-likeness (QED) is 0.517. The van der Waals surface area contributed by atoms with Crippen LogP contribution in [0, 0.1) is 0 Å². The Morgan fingerprint density at radius 2 is 2.07 bits per heavy atom. The summed E-state index contributed by atoms with van der Waals surface area (Å²) in [6.45, 7) is 1.90. The molecule has 1 saturated carbocycles. The fourth-order valence-corrected chi connectivity index (χ4v) is 3.74. The van der Waals surface area contributed by atoms with E-state index >= 15 is 0 Å². The molecule has 3 N–H and O–H groups in total. The van der Waals surface area contributed by atoms with Crippen molar-refractivity contribution >= 4 is 22.8 Å². The summed E-state index contributed by atoms with van der Waals surface area (Å²) in [6, 6.07) is 0.296. The van der Waals surface area contributed by atoms with Crippen molar-refractivity contribution in [3.05, 3.63) is 37.2 Å². The van der Waals surface area contributed by atoms with E-state index in [0.717, 1.165) is 47.8 Å². The molecule has 0 aliphatic heterocycles. The molecule has 0 bridgehead atoms. The van der Waals surface area contributed by atoms with Crippen LogP contribution in [0.3, 0.4) is 0 Å². The van der Waals surface area contributed by atoms with Crippen LogP contribution in [0.2, 0.25) is 0 Å². The molecule has 0 atom stereocenters. The van der Waals surface area contributed by atoms with Gasteiger partial charge in [-0.3, -0.25) is 4.40 Å². The Kier molecular flexibility index (Phi) is 3.61. The number of hydrogen-bond acceptors (Lipinski definition) is 6. The molecule has 8 heteroatoms. The number of anilines is 1. The summed E-state index contributed by atoms with van der Waals surface area (Å²) in [5, 5.41) is 14.4. The van der Waals surface area contributed by atoms with Crippen molar-refractivity contribution in [2.24, 2.45) is 0 Å². The van der Waals surface area contributed by atoms with Crippen LogP contribution in [0.4, 0.5) is 5.95 Å². The lowest BCUT2D eigenvalue weighted by atomic mass is 9.84. The summed E-state index contributed by atoms with van der Waals surface area (Å²) in [4.78, 5) is 20.9. The number of nitrogens with one attached hydrogen (secondary N) is 2. The molecule has 1 fully saturated rings. The van der Waals surface area contributed by atoms with E-state index in [1.54, 1.807) is 6.20 Å². The van der Waals surface area contributed by atoms with Gasteiger partial charge in [0.1, 0.15) is 5.65 Å². The van der Waals surface area contributed by atoms with Gasteiger partial charge in [-0.1, -0.05) is 0 Å². The minimum Gasteiger partial charge on any atom is -0.390 e. The average molecular weight is 363 g/mol. The Labute approximate surface area is 155 Å². The van der Waals surface area contributed by atoms with Crippen LogP contribution in [0.5, 0.6) is 0 Å². The lowest BCUT2D eigenvalue weighted by molar-refractivity contribution is 0.0196. The summed E-state index contributed by atoms with van der Waals surface area (Å²) < 4.78 is 1.89. The summed E-state index contributed by atoms with van der Waals surface area (Å²) in [7, 11) is 0. The van der Waals surface area contributed by atoms with Crippen LogP contribution in [-0.2, 0) is 0 Å². The molecule has 0 spiro atoms. The highest BCUT2D eigenvalue weighted by atomic mass is 16.3. The molecule has 1 aliphatic carbocycles. The van der Waals surface area contributed by atoms with Crippen molar-refractivity contribution in [2.75, 3.05) is 5.32 Å². The highest BCUT2D eigenvalue weighted by Gasteiger charge is 2.28. The molecule has 4 aromatic heterocycles. The van der Waals surface area contributed by atoms with E-state index in [2.05, 4.69) is 30.2 Å². The molecule has 4 aromatic rings. The van der Waals surface area contributed by atoms with Crippen LogP contribution in [0.25, 0.3) is 27.9 Å². The SMILES string of the molecule is C[C@]1(O)CC[C@@H](Nc2ncc3c(-c4cnc5nccn5c4)c[nH]c3n2)CC1. The van der Waals surface area contributed by atoms with Crippen LogP contribution >= 0.6 is 0 Å². The minimum absolute atomic E-state index is 0.296. The Bertz CT molecular complexity index is 1100. The van der Waals surface area contributed by atoms with Crippen molar-refractivity contribution in [3.8, 4) is 11.1 Å². The van der Waals surface area contributed by atoms with Gasteiger partial charge in [-0.15, -0.1) is 0 Å². The van der Waals surface area contributed by atoms with Gasteiger partial charge in [0.15, 0.2) is 0 Å². The molecule has 8 nitrogen and oxygen atoms in total. The Morgan fingerprint density at radius 3 is 2.93 bits per heavy atom. The predicted octanol–water partition coefficient (Wildman–Crippen LogP) is 2.77. The Hall–Kier alpha value is -3.00. The van der Waals surface area contributed by atoms with Crippen LogP contribution in [0.1, 0.15) is 32.6 Å². The molecule has 0 amide bonds. The third-order valence-electron chi connectivity index (χ3n) is 5.38. The summed E-state index contributed by atoms with van der Waals surface area (Å²) in [5.74, 6) is 1.29. The smallest absolute Gasteiger partial charge is 0.233 e. The molecule has 0 unspecified atom stereocenters. The first-order chi connectivity index (χ1) is 13.1. The van der Waals surface area contributed by atoms with Gasteiger partial charge in [-0.25, -0.2) is 15.0 Å². The molecule has 138 valence electrons. The molecule has 0 radical (unpaired) electrons. The van der Waals surface area contributed by atoms with E-state index in [0.29, 0.717) is 17.8 Å². The second kappa shape index (κ2) is 6.02. The molecule has 0 aromatic carbocycles. The third kappa shape index (κ3) is 3.02. The van der Waals surface area contributed by atoms with Crippen LogP contribution < -0.4 is 5.32 Å². The minimum atomic E-state index is -0.540. The van der Waals surface area contributed by atoms with Crippen molar-refractivity contribution < 1.29 is 5.11 Å². The van der Waals surface area contributed by atoms with Gasteiger partial charge in [-0.05, 0) is 32.6 Å². The van der Waals surface area contributed by atoms with E-state index in [9.17, 15) is 5.11 Å². The van der Waals surface area contributed by atoms with Gasteiger partial charge in [0.05, 0.1) is 5.60 Å². The monoisotopic (exact) mass is 363 g/mol. The van der Waals surface area contributed by atoms with Gasteiger partial charge >= 0.3 is 0 Å². The lowest BCUT2D eigenvalue weighted by Crippen LogP contribution is -2.36. The van der Waals surface area contributed by atoms with E-state index in [1.807, 2.05) is 42.3 Å². The largest absolute Gasteiger partial charge is 0.390 e. The van der Waals surface area contributed by atoms with Crippen molar-refractivity contribution in [1.82, 2.24) is 29.3 Å². The maximum absolute atomic E-state index is 10.1. The number of hydrogen-bond donors (Lipinski definition) is 3. The first-order valence-corrected chi connectivity index (χ1v) is 9.20. The summed E-state index contributed by atoms with van der Waals surface area (Å²) >= 11 is 0. The second-order valence-corrected chi connectivity index (χ2v) is 7.55. The zero-order valence-corrected chi connectivity index (χ0v) is 15.1. The normalized spacial score (nSPS) is 23.1. The third-order valence-corrected chi connectivity index (χ3v) is 5.38. The van der Waals surface area contributed by atoms with Gasteiger partial charge in [-0.2, -0.15) is 4.98 Å². The molecule has 4 heterocycles. The first kappa shape index (κ1) is 16.2.